The van der Waals surface area contributed by atoms with Gasteiger partial charge in [0.2, 0.25) is 0 Å². The lowest BCUT2D eigenvalue weighted by Gasteiger charge is -2.05. The summed E-state index contributed by atoms with van der Waals surface area (Å²) < 4.78 is 6.81. The molecule has 23 heavy (non-hydrogen) atoms. The number of aliphatic hydroxyl groups excluding tert-OH is 1. The quantitative estimate of drug-likeness (QED) is 0.180. The standard InChI is InChI=1S/C18H19IN2O2/c1-14(22)15-4-6-16(7-5-15)20-21-17-8-10-18(11-9-17)23-13-3-2-12-19/h4-11,22H,1-3,12-13H2/b21-20-. The van der Waals surface area contributed by atoms with Gasteiger partial charge in [-0.2, -0.15) is 10.2 Å². The third-order valence-corrected chi connectivity index (χ3v) is 3.88. The van der Waals surface area contributed by atoms with Crippen molar-refractivity contribution in [3.8, 4) is 5.75 Å². The molecule has 0 saturated carbocycles. The molecule has 0 unspecified atom stereocenters. The van der Waals surface area contributed by atoms with Crippen LogP contribution in [-0.4, -0.2) is 16.1 Å². The second-order valence-electron chi connectivity index (χ2n) is 4.93. The number of aliphatic hydroxyl groups is 1. The van der Waals surface area contributed by atoms with Crippen LogP contribution in [-0.2, 0) is 0 Å². The van der Waals surface area contributed by atoms with Gasteiger partial charge in [0.05, 0.1) is 18.0 Å². The smallest absolute Gasteiger partial charge is 0.119 e. The van der Waals surface area contributed by atoms with Gasteiger partial charge in [0.15, 0.2) is 0 Å². The van der Waals surface area contributed by atoms with Gasteiger partial charge in [-0.25, -0.2) is 0 Å². The molecule has 0 bridgehead atoms. The predicted molar refractivity (Wildman–Crippen MR) is 102 cm³/mol. The number of halogens is 1. The minimum absolute atomic E-state index is 0.0440. The minimum atomic E-state index is 0.0440. The van der Waals surface area contributed by atoms with Gasteiger partial charge in [0.1, 0.15) is 11.5 Å². The summed E-state index contributed by atoms with van der Waals surface area (Å²) in [5.41, 5.74) is 2.16. The van der Waals surface area contributed by atoms with Crippen molar-refractivity contribution in [2.75, 3.05) is 11.0 Å². The van der Waals surface area contributed by atoms with Crippen LogP contribution in [0.25, 0.3) is 5.76 Å². The van der Waals surface area contributed by atoms with Crippen LogP contribution in [0, 0.1) is 0 Å². The summed E-state index contributed by atoms with van der Waals surface area (Å²) in [7, 11) is 0. The number of ether oxygens (including phenoxy) is 1. The first-order valence-corrected chi connectivity index (χ1v) is 8.90. The average molecular weight is 422 g/mol. The van der Waals surface area contributed by atoms with E-state index in [9.17, 15) is 5.11 Å². The van der Waals surface area contributed by atoms with E-state index in [0.29, 0.717) is 11.3 Å². The van der Waals surface area contributed by atoms with Crippen LogP contribution in [0.1, 0.15) is 18.4 Å². The first-order valence-electron chi connectivity index (χ1n) is 7.38. The molecule has 0 radical (unpaired) electrons. The van der Waals surface area contributed by atoms with Crippen molar-refractivity contribution in [3.63, 3.8) is 0 Å². The summed E-state index contributed by atoms with van der Waals surface area (Å²) in [5.74, 6) is 0.894. The maximum Gasteiger partial charge on any atom is 0.119 e. The van der Waals surface area contributed by atoms with E-state index >= 15 is 0 Å². The van der Waals surface area contributed by atoms with Crippen LogP contribution in [0.4, 0.5) is 11.4 Å². The number of alkyl halides is 1. The van der Waals surface area contributed by atoms with E-state index in [4.69, 9.17) is 4.74 Å². The second kappa shape index (κ2) is 9.29. The van der Waals surface area contributed by atoms with E-state index in [1.165, 1.54) is 6.42 Å². The number of azo groups is 1. The molecule has 1 N–H and O–H groups in total. The molecule has 0 aliphatic rings. The molecule has 0 aliphatic heterocycles. The molecule has 120 valence electrons. The molecule has 2 aromatic rings. The van der Waals surface area contributed by atoms with Crippen molar-refractivity contribution in [1.29, 1.82) is 0 Å². The van der Waals surface area contributed by atoms with E-state index in [1.807, 2.05) is 24.3 Å². The van der Waals surface area contributed by atoms with Crippen molar-refractivity contribution in [1.82, 2.24) is 0 Å². The summed E-state index contributed by atoms with van der Waals surface area (Å²) in [4.78, 5) is 0. The number of unbranched alkanes of at least 4 members (excludes halogenated alkanes) is 1. The molecule has 5 heteroatoms. The fourth-order valence-electron chi connectivity index (χ4n) is 1.83. The summed E-state index contributed by atoms with van der Waals surface area (Å²) in [5, 5.41) is 17.6. The van der Waals surface area contributed by atoms with E-state index in [1.54, 1.807) is 24.3 Å². The van der Waals surface area contributed by atoms with Gasteiger partial charge < -0.3 is 9.84 Å². The largest absolute Gasteiger partial charge is 0.508 e. The second-order valence-corrected chi connectivity index (χ2v) is 6.01. The lowest BCUT2D eigenvalue weighted by molar-refractivity contribution is 0.310. The SMILES string of the molecule is C=C(O)c1ccc(/N=N\c2ccc(OCCCCI)cc2)cc1. The molecule has 0 atom stereocenters. The molecule has 0 heterocycles. The Bertz CT molecular complexity index is 652. The Labute approximate surface area is 150 Å². The third kappa shape index (κ3) is 6.02. The van der Waals surface area contributed by atoms with Gasteiger partial charge >= 0.3 is 0 Å². The topological polar surface area (TPSA) is 54.2 Å². The van der Waals surface area contributed by atoms with Crippen molar-refractivity contribution >= 4 is 39.7 Å². The summed E-state index contributed by atoms with van der Waals surface area (Å²) >= 11 is 2.37. The van der Waals surface area contributed by atoms with Gasteiger partial charge in [0, 0.05) is 5.56 Å². The number of hydrogen-bond acceptors (Lipinski definition) is 4. The Kier molecular flexibility index (Phi) is 7.06. The first-order chi connectivity index (χ1) is 11.2. The van der Waals surface area contributed by atoms with Crippen LogP contribution in [0.5, 0.6) is 5.75 Å². The molecular formula is C18H19IN2O2. The van der Waals surface area contributed by atoms with Crippen LogP contribution in [0.3, 0.4) is 0 Å². The van der Waals surface area contributed by atoms with E-state index in [2.05, 4.69) is 39.4 Å². The molecule has 0 aliphatic carbocycles. The first kappa shape index (κ1) is 17.5. The lowest BCUT2D eigenvalue weighted by Crippen LogP contribution is -1.96. The average Bonchev–Trinajstić information content (AvgIpc) is 2.58. The molecule has 0 aromatic heterocycles. The lowest BCUT2D eigenvalue weighted by atomic mass is 10.2. The van der Waals surface area contributed by atoms with E-state index in [0.717, 1.165) is 28.9 Å². The highest BCUT2D eigenvalue weighted by atomic mass is 127. The number of benzene rings is 2. The normalized spacial score (nSPS) is 10.8. The van der Waals surface area contributed by atoms with Gasteiger partial charge in [-0.15, -0.1) is 0 Å². The fraction of sp³-hybridized carbons (Fsp3) is 0.222. The minimum Gasteiger partial charge on any atom is -0.508 e. The highest BCUT2D eigenvalue weighted by molar-refractivity contribution is 14.1. The maximum atomic E-state index is 9.28. The zero-order chi connectivity index (χ0) is 16.5. The van der Waals surface area contributed by atoms with Crippen molar-refractivity contribution in [2.24, 2.45) is 10.2 Å². The summed E-state index contributed by atoms with van der Waals surface area (Å²) in [6, 6.07) is 14.6. The molecular weight excluding hydrogens is 403 g/mol. The highest BCUT2D eigenvalue weighted by Crippen LogP contribution is 2.22. The number of nitrogens with zero attached hydrogens (tertiary/aromatic N) is 2. The zero-order valence-electron chi connectivity index (χ0n) is 12.8. The Morgan fingerprint density at radius 2 is 1.52 bits per heavy atom. The predicted octanol–water partition coefficient (Wildman–Crippen LogP) is 6.22. The van der Waals surface area contributed by atoms with Crippen molar-refractivity contribution in [3.05, 3.63) is 60.7 Å². The Morgan fingerprint density at radius 1 is 0.957 bits per heavy atom. The van der Waals surface area contributed by atoms with Crippen LogP contribution >= 0.6 is 22.6 Å². The number of hydrogen-bond donors (Lipinski definition) is 1. The summed E-state index contributed by atoms with van der Waals surface area (Å²) in [6.07, 6.45) is 2.25. The van der Waals surface area contributed by atoms with Gasteiger partial charge in [-0.1, -0.05) is 29.2 Å². The van der Waals surface area contributed by atoms with E-state index < -0.39 is 0 Å². The Morgan fingerprint density at radius 3 is 2.04 bits per heavy atom. The molecule has 4 nitrogen and oxygen atoms in total. The molecule has 0 saturated heterocycles. The van der Waals surface area contributed by atoms with Crippen molar-refractivity contribution in [2.45, 2.75) is 12.8 Å². The van der Waals surface area contributed by atoms with Crippen LogP contribution in [0.15, 0.2) is 65.3 Å². The van der Waals surface area contributed by atoms with Crippen molar-refractivity contribution < 1.29 is 9.84 Å². The summed E-state index contributed by atoms with van der Waals surface area (Å²) in [6.45, 7) is 4.22. The molecule has 2 rings (SSSR count). The molecule has 0 amide bonds. The van der Waals surface area contributed by atoms with Gasteiger partial charge in [-0.3, -0.25) is 0 Å². The third-order valence-electron chi connectivity index (χ3n) is 3.11. The zero-order valence-corrected chi connectivity index (χ0v) is 14.9. The Hall–Kier alpha value is -1.89. The monoisotopic (exact) mass is 422 g/mol. The van der Waals surface area contributed by atoms with Crippen LogP contribution in [0.2, 0.25) is 0 Å². The van der Waals surface area contributed by atoms with Gasteiger partial charge in [-0.05, 0) is 65.8 Å². The van der Waals surface area contributed by atoms with E-state index in [-0.39, 0.29) is 5.76 Å². The maximum absolute atomic E-state index is 9.28. The molecule has 0 fully saturated rings. The van der Waals surface area contributed by atoms with Gasteiger partial charge in [0.25, 0.3) is 0 Å². The molecule has 0 spiro atoms. The number of rotatable bonds is 8. The Balaban J connectivity index is 1.90. The highest BCUT2D eigenvalue weighted by Gasteiger charge is 1.97. The van der Waals surface area contributed by atoms with Crippen LogP contribution < -0.4 is 4.74 Å². The molecule has 2 aromatic carbocycles. The fourth-order valence-corrected chi connectivity index (χ4v) is 2.37.